The first-order valence-corrected chi connectivity index (χ1v) is 6.79. The van der Waals surface area contributed by atoms with Gasteiger partial charge in [-0.3, -0.25) is 9.78 Å². The van der Waals surface area contributed by atoms with Gasteiger partial charge in [-0.15, -0.1) is 0 Å². The number of aromatic nitrogens is 2. The molecule has 5 heteroatoms. The molecule has 0 fully saturated rings. The monoisotopic (exact) mass is 295 g/mol. The number of anilines is 1. The summed E-state index contributed by atoms with van der Waals surface area (Å²) in [6.45, 7) is 1.84. The second-order valence-electron chi connectivity index (χ2n) is 4.96. The van der Waals surface area contributed by atoms with E-state index >= 15 is 0 Å². The minimum absolute atomic E-state index is 0.137. The van der Waals surface area contributed by atoms with E-state index in [0.717, 1.165) is 11.3 Å². The maximum Gasteiger partial charge on any atom is 0.257 e. The molecule has 3 rings (SSSR count). The van der Waals surface area contributed by atoms with Crippen LogP contribution < -0.4 is 5.32 Å². The zero-order chi connectivity index (χ0) is 15.5. The Morgan fingerprint density at radius 3 is 2.68 bits per heavy atom. The molecule has 0 aliphatic heterocycles. The van der Waals surface area contributed by atoms with Crippen LogP contribution in [-0.4, -0.2) is 15.5 Å². The van der Waals surface area contributed by atoms with Crippen LogP contribution in [-0.2, 0) is 0 Å². The zero-order valence-electron chi connectivity index (χ0n) is 12.0. The molecule has 0 saturated heterocycles. The fourth-order valence-corrected chi connectivity index (χ4v) is 2.15. The first-order valence-electron chi connectivity index (χ1n) is 6.79. The Morgan fingerprint density at radius 2 is 1.95 bits per heavy atom. The molecule has 22 heavy (non-hydrogen) atoms. The molecule has 0 unspecified atom stereocenters. The van der Waals surface area contributed by atoms with Gasteiger partial charge in [0.1, 0.15) is 5.82 Å². The lowest BCUT2D eigenvalue weighted by atomic mass is 10.2. The van der Waals surface area contributed by atoms with E-state index in [1.165, 1.54) is 12.3 Å². The van der Waals surface area contributed by atoms with Crippen LogP contribution in [0.25, 0.3) is 5.69 Å². The van der Waals surface area contributed by atoms with Crippen molar-refractivity contribution in [3.63, 3.8) is 0 Å². The largest absolute Gasteiger partial charge is 0.324 e. The Morgan fingerprint density at radius 1 is 1.18 bits per heavy atom. The van der Waals surface area contributed by atoms with Crippen LogP contribution in [0.2, 0.25) is 0 Å². The van der Waals surface area contributed by atoms with E-state index in [4.69, 9.17) is 0 Å². The number of nitrogens with zero attached hydrogens (tertiary/aromatic N) is 2. The van der Waals surface area contributed by atoms with Gasteiger partial charge in [0.15, 0.2) is 0 Å². The second-order valence-corrected chi connectivity index (χ2v) is 4.96. The lowest BCUT2D eigenvalue weighted by Crippen LogP contribution is -2.13. The minimum Gasteiger partial charge on any atom is -0.324 e. The Bertz CT molecular complexity index is 813. The summed E-state index contributed by atoms with van der Waals surface area (Å²) in [4.78, 5) is 16.2. The van der Waals surface area contributed by atoms with Crippen molar-refractivity contribution in [2.24, 2.45) is 0 Å². The van der Waals surface area contributed by atoms with Gasteiger partial charge in [0.2, 0.25) is 0 Å². The normalized spacial score (nSPS) is 10.5. The van der Waals surface area contributed by atoms with Crippen molar-refractivity contribution < 1.29 is 9.18 Å². The zero-order valence-corrected chi connectivity index (χ0v) is 12.0. The molecule has 4 nitrogen and oxygen atoms in total. The smallest absolute Gasteiger partial charge is 0.257 e. The summed E-state index contributed by atoms with van der Waals surface area (Å²) in [6.07, 6.45) is 6.81. The molecule has 0 aliphatic carbocycles. The van der Waals surface area contributed by atoms with Gasteiger partial charge < -0.3 is 9.88 Å². The van der Waals surface area contributed by atoms with Crippen LogP contribution in [0.3, 0.4) is 0 Å². The molecule has 1 N–H and O–H groups in total. The van der Waals surface area contributed by atoms with Crippen molar-refractivity contribution in [1.82, 2.24) is 9.55 Å². The Kier molecular flexibility index (Phi) is 3.70. The molecule has 0 aliphatic rings. The summed E-state index contributed by atoms with van der Waals surface area (Å²) in [5.41, 5.74) is 2.17. The van der Waals surface area contributed by atoms with Crippen molar-refractivity contribution in [3.8, 4) is 5.69 Å². The molecule has 110 valence electrons. The maximum atomic E-state index is 13.9. The maximum absolute atomic E-state index is 13.9. The van der Waals surface area contributed by atoms with E-state index in [1.807, 2.05) is 36.0 Å². The molecule has 3 aromatic rings. The van der Waals surface area contributed by atoms with Crippen LogP contribution in [0.1, 0.15) is 15.9 Å². The molecular formula is C17H14FN3O. The van der Waals surface area contributed by atoms with Crippen molar-refractivity contribution in [1.29, 1.82) is 0 Å². The number of pyridine rings is 1. The fraction of sp³-hybridized carbons (Fsp3) is 0.0588. The van der Waals surface area contributed by atoms with Crippen LogP contribution in [0.15, 0.2) is 61.2 Å². The third-order valence-electron chi connectivity index (χ3n) is 3.24. The molecule has 0 spiro atoms. The quantitative estimate of drug-likeness (QED) is 0.803. The number of hydrogen-bond acceptors (Lipinski definition) is 2. The number of carbonyl (C=O) groups is 1. The second kappa shape index (κ2) is 5.81. The van der Waals surface area contributed by atoms with Gasteiger partial charge in [0.25, 0.3) is 5.91 Å². The molecule has 0 bridgehead atoms. The summed E-state index contributed by atoms with van der Waals surface area (Å²) >= 11 is 0. The van der Waals surface area contributed by atoms with Gasteiger partial charge in [0, 0.05) is 30.5 Å². The van der Waals surface area contributed by atoms with Gasteiger partial charge in [-0.1, -0.05) is 0 Å². The summed E-state index contributed by atoms with van der Waals surface area (Å²) in [5.74, 6) is -0.871. The van der Waals surface area contributed by atoms with Gasteiger partial charge >= 0.3 is 0 Å². The Labute approximate surface area is 127 Å². The molecular weight excluding hydrogens is 281 g/mol. The average Bonchev–Trinajstić information content (AvgIpc) is 3.04. The van der Waals surface area contributed by atoms with Gasteiger partial charge in [-0.2, -0.15) is 0 Å². The van der Waals surface area contributed by atoms with Gasteiger partial charge in [-0.25, -0.2) is 4.39 Å². The number of aryl methyl sites for hydroxylation is 1. The third kappa shape index (κ3) is 2.88. The summed E-state index contributed by atoms with van der Waals surface area (Å²) in [6, 6.07) is 10.0. The Balaban J connectivity index is 1.88. The van der Waals surface area contributed by atoms with Crippen LogP contribution >= 0.6 is 0 Å². The van der Waals surface area contributed by atoms with E-state index in [0.29, 0.717) is 5.56 Å². The fourth-order valence-electron chi connectivity index (χ4n) is 2.15. The SMILES string of the molecule is Cc1cncc(C(=O)Nc2cc(-n3cccc3)ccc2F)c1. The van der Waals surface area contributed by atoms with Crippen molar-refractivity contribution in [2.45, 2.75) is 6.92 Å². The van der Waals surface area contributed by atoms with E-state index in [1.54, 1.807) is 24.4 Å². The van der Waals surface area contributed by atoms with Crippen LogP contribution in [0, 0.1) is 12.7 Å². The van der Waals surface area contributed by atoms with Crippen molar-refractivity contribution in [2.75, 3.05) is 5.32 Å². The number of rotatable bonds is 3. The lowest BCUT2D eigenvalue weighted by molar-refractivity contribution is 0.102. The van der Waals surface area contributed by atoms with Crippen LogP contribution in [0.5, 0.6) is 0 Å². The summed E-state index contributed by atoms with van der Waals surface area (Å²) < 4.78 is 15.8. The van der Waals surface area contributed by atoms with Gasteiger partial charge in [0.05, 0.1) is 11.3 Å². The lowest BCUT2D eigenvalue weighted by Gasteiger charge is -2.10. The predicted molar refractivity (Wildman–Crippen MR) is 82.7 cm³/mol. The third-order valence-corrected chi connectivity index (χ3v) is 3.24. The standard InChI is InChI=1S/C17H14FN3O/c1-12-8-13(11-19-10-12)17(22)20-16-9-14(4-5-15(16)18)21-6-2-3-7-21/h2-11H,1H3,(H,20,22). The van der Waals surface area contributed by atoms with E-state index in [9.17, 15) is 9.18 Å². The predicted octanol–water partition coefficient (Wildman–Crippen LogP) is 3.57. The number of carbonyl (C=O) groups excluding carboxylic acids is 1. The van der Waals surface area contributed by atoms with E-state index < -0.39 is 5.82 Å². The van der Waals surface area contributed by atoms with Gasteiger partial charge in [-0.05, 0) is 48.9 Å². The highest BCUT2D eigenvalue weighted by Gasteiger charge is 2.11. The van der Waals surface area contributed by atoms with E-state index in [2.05, 4.69) is 10.3 Å². The molecule has 0 saturated carbocycles. The topological polar surface area (TPSA) is 46.9 Å². The van der Waals surface area contributed by atoms with E-state index in [-0.39, 0.29) is 11.6 Å². The van der Waals surface area contributed by atoms with Crippen molar-refractivity contribution >= 4 is 11.6 Å². The summed E-state index contributed by atoms with van der Waals surface area (Å²) in [7, 11) is 0. The number of nitrogens with one attached hydrogen (secondary N) is 1. The first kappa shape index (κ1) is 14.0. The molecule has 1 aromatic carbocycles. The average molecular weight is 295 g/mol. The highest BCUT2D eigenvalue weighted by atomic mass is 19.1. The number of hydrogen-bond donors (Lipinski definition) is 1. The highest BCUT2D eigenvalue weighted by molar-refractivity contribution is 6.04. The molecule has 1 amide bonds. The molecule has 2 aromatic heterocycles. The number of halogens is 1. The molecule has 2 heterocycles. The number of benzene rings is 1. The number of amides is 1. The van der Waals surface area contributed by atoms with Crippen LogP contribution in [0.4, 0.5) is 10.1 Å². The molecule has 0 atom stereocenters. The first-order chi connectivity index (χ1) is 10.6. The van der Waals surface area contributed by atoms with Crippen molar-refractivity contribution in [3.05, 3.63) is 78.1 Å². The molecule has 0 radical (unpaired) electrons. The highest BCUT2D eigenvalue weighted by Crippen LogP contribution is 2.20. The Hall–Kier alpha value is -2.95. The minimum atomic E-state index is -0.482. The summed E-state index contributed by atoms with van der Waals surface area (Å²) in [5, 5.41) is 2.59.